The van der Waals surface area contributed by atoms with E-state index in [1.807, 2.05) is 176 Å². The van der Waals surface area contributed by atoms with Crippen molar-refractivity contribution in [3.8, 4) is 113 Å². The lowest BCUT2D eigenvalue weighted by molar-refractivity contribution is 0.667. The number of para-hydroxylation sites is 4. The summed E-state index contributed by atoms with van der Waals surface area (Å²) in [6.45, 7) is 0. The van der Waals surface area contributed by atoms with Crippen LogP contribution in [0.4, 0.5) is 28.4 Å². The van der Waals surface area contributed by atoms with E-state index < -0.39 is 0 Å². The molecule has 10 nitrogen and oxygen atoms in total. The number of fused-ring (bicyclic) bond motifs is 6. The van der Waals surface area contributed by atoms with Gasteiger partial charge >= 0.3 is 0 Å². The summed E-state index contributed by atoms with van der Waals surface area (Å²) >= 11 is 3.61. The molecule has 1 N–H and O–H groups in total. The molecule has 20 rings (SSSR count). The van der Waals surface area contributed by atoms with Crippen LogP contribution in [0.3, 0.4) is 0 Å². The van der Waals surface area contributed by atoms with Crippen molar-refractivity contribution < 1.29 is 8.83 Å². The Balaban J connectivity index is 0.000000131. The maximum absolute atomic E-state index is 7.03. The Morgan fingerprint density at radius 2 is 0.451 bits per heavy atom. The van der Waals surface area contributed by atoms with Crippen LogP contribution >= 0.6 is 15.9 Å². The molecular weight excluding hydrogens is 1450 g/mol. The van der Waals surface area contributed by atoms with Gasteiger partial charge in [-0.25, -0.2) is 29.9 Å². The smallest absolute Gasteiger partial charge is 0.167 e. The third-order valence-corrected chi connectivity index (χ3v) is 20.5. The van der Waals surface area contributed by atoms with E-state index in [0.29, 0.717) is 34.9 Å². The number of hydrogen-bond acceptors (Lipinski definition) is 10. The second-order valence-corrected chi connectivity index (χ2v) is 27.9. The van der Waals surface area contributed by atoms with Gasteiger partial charge in [0.1, 0.15) is 16.7 Å². The molecule has 4 aromatic heterocycles. The Hall–Kier alpha value is -14.8. The predicted octanol–water partition coefficient (Wildman–Crippen LogP) is 27.9. The molecule has 0 bridgehead atoms. The maximum Gasteiger partial charge on any atom is 0.167 e. The average molecular weight is 1520 g/mol. The van der Waals surface area contributed by atoms with Gasteiger partial charge in [-0.2, -0.15) is 0 Å². The number of nitrogens with zero attached hydrogens (tertiary/aromatic N) is 7. The molecule has 11 heteroatoms. The highest BCUT2D eigenvalue weighted by molar-refractivity contribution is 9.10. The van der Waals surface area contributed by atoms with Crippen molar-refractivity contribution in [2.45, 2.75) is 0 Å². The highest BCUT2D eigenvalue weighted by Gasteiger charge is 2.24. The first kappa shape index (κ1) is 69.9. The number of benzene rings is 16. The Bertz CT molecular complexity index is 6370. The van der Waals surface area contributed by atoms with Gasteiger partial charge in [0.05, 0.1) is 21.3 Å². The van der Waals surface area contributed by atoms with Gasteiger partial charge in [-0.15, -0.1) is 0 Å². The molecule has 0 fully saturated rings. The van der Waals surface area contributed by atoms with E-state index in [1.54, 1.807) is 0 Å². The molecule has 16 aromatic carbocycles. The van der Waals surface area contributed by atoms with Crippen LogP contribution in [0, 0.1) is 0 Å². The van der Waals surface area contributed by atoms with Crippen LogP contribution in [-0.4, -0.2) is 29.9 Å². The van der Waals surface area contributed by atoms with Gasteiger partial charge in [0, 0.05) is 66.5 Å². The average Bonchev–Trinajstić information content (AvgIpc) is 1.60. The maximum atomic E-state index is 7.03. The van der Waals surface area contributed by atoms with E-state index in [1.165, 1.54) is 33.4 Å². The van der Waals surface area contributed by atoms with E-state index in [-0.39, 0.29) is 0 Å². The topological polar surface area (TPSA) is 119 Å². The van der Waals surface area contributed by atoms with Gasteiger partial charge in [0.2, 0.25) is 0 Å². The van der Waals surface area contributed by atoms with Crippen molar-refractivity contribution in [1.29, 1.82) is 0 Å². The SMILES string of the molecule is Brc1cccc2c1oc1c(-c3nc(-c4ccccc4)nc(-c4ccccc4)n3)cccc12.c1ccc(-c2ccc(N(c3ccc(-c4ccccc4)cc3)c3cccc4c3oc3c(-c5nc(-c6ccccc6)nc(-c6ccccc6)n5)cccc34)cc2)cc1.c1ccc(-c2ccc(Nc3ccc(-c4ccccc4)cc3)cc2)cc1. The van der Waals surface area contributed by atoms with Crippen LogP contribution in [0.15, 0.2) is 426 Å². The van der Waals surface area contributed by atoms with Gasteiger partial charge < -0.3 is 19.1 Å². The van der Waals surface area contributed by atoms with Crippen molar-refractivity contribution in [3.63, 3.8) is 0 Å². The molecule has 0 amide bonds. The normalized spacial score (nSPS) is 11.1. The molecule has 0 saturated carbocycles. The zero-order chi connectivity index (χ0) is 75.7. The van der Waals surface area contributed by atoms with Crippen molar-refractivity contribution in [2.24, 2.45) is 0 Å². The van der Waals surface area contributed by atoms with E-state index >= 15 is 0 Å². The summed E-state index contributed by atoms with van der Waals surface area (Å²) in [7, 11) is 0. The molecule has 0 aliphatic carbocycles. The Kier molecular flexibility index (Phi) is 19.9. The second-order valence-electron chi connectivity index (χ2n) is 27.1. The monoisotopic (exact) mass is 1520 g/mol. The van der Waals surface area contributed by atoms with E-state index in [4.69, 9.17) is 38.7 Å². The number of rotatable bonds is 15. The molecule has 4 heterocycles. The van der Waals surface area contributed by atoms with Crippen LogP contribution in [-0.2, 0) is 0 Å². The van der Waals surface area contributed by atoms with Crippen LogP contribution in [0.5, 0.6) is 0 Å². The zero-order valence-electron chi connectivity index (χ0n) is 61.1. The fourth-order valence-electron chi connectivity index (χ4n) is 14.2. The van der Waals surface area contributed by atoms with E-state index in [0.717, 1.165) is 121 Å². The summed E-state index contributed by atoms with van der Waals surface area (Å²) in [5.74, 6) is 3.60. The third kappa shape index (κ3) is 15.1. The van der Waals surface area contributed by atoms with Gasteiger partial charge in [-0.3, -0.25) is 0 Å². The first-order chi connectivity index (χ1) is 55.9. The summed E-state index contributed by atoms with van der Waals surface area (Å²) in [5.41, 5.74) is 23.1. The van der Waals surface area contributed by atoms with Crippen molar-refractivity contribution >= 4 is 88.2 Å². The number of halogens is 1. The standard InChI is InChI=1S/C51H34N4O.C27H16BrN3O.C24H19N/c1-5-15-35(16-6-1)37-27-31-41(32-28-37)55(42-33-29-38(30-34-42)36-17-7-2-8-18-36)46-26-14-24-44-43-23-13-25-45(47(43)56-48(44)46)51-53-49(39-19-9-3-10-20-39)52-50(54-51)40-21-11-4-12-22-40;28-22-16-8-14-20-19-13-7-15-21(23(19)32-24(20)22)27-30-25(17-9-3-1-4-10-17)29-26(31-27)18-11-5-2-6-12-18;1-3-7-19(8-4-1)21-11-15-23(16-12-21)25-24-17-13-22(14-18-24)20-9-5-2-6-10-20/h1-34H;1-16H;1-18,25H. The largest absolute Gasteiger partial charge is 0.454 e. The summed E-state index contributed by atoms with van der Waals surface area (Å²) in [5, 5.41) is 7.54. The molecule has 0 unspecified atom stereocenters. The van der Waals surface area contributed by atoms with E-state index in [9.17, 15) is 0 Å². The van der Waals surface area contributed by atoms with E-state index in [2.05, 4.69) is 263 Å². The van der Waals surface area contributed by atoms with Crippen molar-refractivity contribution in [2.75, 3.05) is 10.2 Å². The molecular formula is C102H69BrN8O2. The number of aromatic nitrogens is 6. The quantitative estimate of drug-likeness (QED) is 0.106. The molecule has 0 spiro atoms. The van der Waals surface area contributed by atoms with Gasteiger partial charge in [0.15, 0.2) is 40.5 Å². The minimum atomic E-state index is 0.550. The van der Waals surface area contributed by atoms with Crippen molar-refractivity contribution in [1.82, 2.24) is 29.9 Å². The highest BCUT2D eigenvalue weighted by Crippen LogP contribution is 2.46. The lowest BCUT2D eigenvalue weighted by Crippen LogP contribution is -2.10. The molecule has 0 aliphatic rings. The first-order valence-corrected chi connectivity index (χ1v) is 38.2. The zero-order valence-corrected chi connectivity index (χ0v) is 62.7. The Morgan fingerprint density at radius 1 is 0.204 bits per heavy atom. The summed E-state index contributed by atoms with van der Waals surface area (Å²) in [6, 6.07) is 141. The number of nitrogens with one attached hydrogen (secondary N) is 1. The van der Waals surface area contributed by atoms with Crippen LogP contribution in [0.25, 0.3) is 157 Å². The van der Waals surface area contributed by atoms with Crippen molar-refractivity contribution in [3.05, 3.63) is 417 Å². The molecule has 0 aliphatic heterocycles. The fourth-order valence-corrected chi connectivity index (χ4v) is 14.6. The molecule has 20 aromatic rings. The lowest BCUT2D eigenvalue weighted by atomic mass is 10.0. The minimum absolute atomic E-state index is 0.550. The third-order valence-electron chi connectivity index (χ3n) is 19.8. The molecule has 536 valence electrons. The Labute approximate surface area is 662 Å². The first-order valence-electron chi connectivity index (χ1n) is 37.4. The van der Waals surface area contributed by atoms with Gasteiger partial charge in [0.25, 0.3) is 0 Å². The van der Waals surface area contributed by atoms with Crippen LogP contribution in [0.2, 0.25) is 0 Å². The summed E-state index contributed by atoms with van der Waals surface area (Å²) in [4.78, 5) is 31.8. The van der Waals surface area contributed by atoms with Crippen LogP contribution in [0.1, 0.15) is 0 Å². The predicted molar refractivity (Wildman–Crippen MR) is 467 cm³/mol. The Morgan fingerprint density at radius 3 is 0.779 bits per heavy atom. The van der Waals surface area contributed by atoms with Gasteiger partial charge in [-0.1, -0.05) is 340 Å². The molecule has 113 heavy (non-hydrogen) atoms. The number of hydrogen-bond donors (Lipinski definition) is 1. The minimum Gasteiger partial charge on any atom is -0.454 e. The van der Waals surface area contributed by atoms with Gasteiger partial charge in [-0.05, 0) is 133 Å². The molecule has 0 saturated heterocycles. The molecule has 0 radical (unpaired) electrons. The fraction of sp³-hybridized carbons (Fsp3) is 0. The lowest BCUT2D eigenvalue weighted by Gasteiger charge is -2.26. The number of anilines is 5. The van der Waals surface area contributed by atoms with Crippen LogP contribution < -0.4 is 10.2 Å². The number of furan rings is 2. The molecule has 0 atom stereocenters. The summed E-state index contributed by atoms with van der Waals surface area (Å²) < 4.78 is 14.3. The summed E-state index contributed by atoms with van der Waals surface area (Å²) in [6.07, 6.45) is 0. The second kappa shape index (κ2) is 32.2. The highest BCUT2D eigenvalue weighted by atomic mass is 79.9.